The van der Waals surface area contributed by atoms with E-state index in [0.29, 0.717) is 0 Å². The molecule has 0 amide bonds. The van der Waals surface area contributed by atoms with Crippen molar-refractivity contribution in [1.29, 1.82) is 0 Å². The van der Waals surface area contributed by atoms with Gasteiger partial charge in [-0.2, -0.15) is 0 Å². The number of rotatable bonds is 4. The molecule has 0 heterocycles. The lowest BCUT2D eigenvalue weighted by Crippen LogP contribution is -2.40. The highest BCUT2D eigenvalue weighted by molar-refractivity contribution is 5.67. The average molecular weight is 331 g/mol. The minimum absolute atomic E-state index is 0.0440. The maximum absolute atomic E-state index is 10.3. The summed E-state index contributed by atoms with van der Waals surface area (Å²) in [7, 11) is 0. The highest BCUT2D eigenvalue weighted by atomic mass is 16.4. The van der Waals surface area contributed by atoms with Crippen molar-refractivity contribution in [3.63, 3.8) is 0 Å². The van der Waals surface area contributed by atoms with Gasteiger partial charge >= 0.3 is 5.97 Å². The van der Waals surface area contributed by atoms with Crippen LogP contribution in [-0.4, -0.2) is 23.2 Å². The van der Waals surface area contributed by atoms with E-state index in [1.165, 1.54) is 64.2 Å². The quantitative estimate of drug-likeness (QED) is 0.762. The molecule has 0 aliphatic heterocycles. The van der Waals surface area contributed by atoms with Gasteiger partial charge in [-0.05, 0) is 25.7 Å². The predicted octanol–water partition coefficient (Wildman–Crippen LogP) is 5.00. The summed E-state index contributed by atoms with van der Waals surface area (Å²) >= 11 is 0. The SMILES string of the molecule is C1CCC(NC2CCCCC2)CC1.O=C(O)CC1C=CC=CC=C1. The molecule has 3 aliphatic carbocycles. The predicted molar refractivity (Wildman–Crippen MR) is 100 cm³/mol. The van der Waals surface area contributed by atoms with Crippen molar-refractivity contribution in [1.82, 2.24) is 5.32 Å². The molecule has 3 heteroatoms. The molecular weight excluding hydrogens is 298 g/mol. The summed E-state index contributed by atoms with van der Waals surface area (Å²) in [6.07, 6.45) is 26.0. The number of aliphatic carboxylic acids is 1. The van der Waals surface area contributed by atoms with E-state index < -0.39 is 5.97 Å². The number of hydrogen-bond donors (Lipinski definition) is 2. The topological polar surface area (TPSA) is 49.3 Å². The number of hydrogen-bond acceptors (Lipinski definition) is 2. The van der Waals surface area contributed by atoms with Gasteiger partial charge in [0.05, 0.1) is 6.42 Å². The van der Waals surface area contributed by atoms with Crippen LogP contribution in [0.4, 0.5) is 0 Å². The Hall–Kier alpha value is -1.35. The molecule has 2 saturated carbocycles. The normalized spacial score (nSPS) is 22.7. The van der Waals surface area contributed by atoms with Gasteiger partial charge in [-0.3, -0.25) is 4.79 Å². The van der Waals surface area contributed by atoms with E-state index in [-0.39, 0.29) is 12.3 Å². The van der Waals surface area contributed by atoms with Crippen molar-refractivity contribution >= 4 is 5.97 Å². The summed E-state index contributed by atoms with van der Waals surface area (Å²) in [5, 5.41) is 12.3. The molecule has 3 aliphatic rings. The number of carboxylic acid groups (broad SMARTS) is 1. The van der Waals surface area contributed by atoms with Crippen molar-refractivity contribution in [2.75, 3.05) is 0 Å². The molecule has 0 atom stereocenters. The molecule has 3 nitrogen and oxygen atoms in total. The first-order valence-corrected chi connectivity index (χ1v) is 9.73. The Kier molecular flexibility index (Phi) is 8.90. The third-order valence-electron chi connectivity index (χ3n) is 5.14. The van der Waals surface area contributed by atoms with Crippen molar-refractivity contribution in [3.8, 4) is 0 Å². The summed E-state index contributed by atoms with van der Waals surface area (Å²) in [6, 6.07) is 1.74. The maximum Gasteiger partial charge on any atom is 0.304 e. The molecule has 0 spiro atoms. The van der Waals surface area contributed by atoms with Gasteiger partial charge < -0.3 is 10.4 Å². The first kappa shape index (κ1) is 19.0. The van der Waals surface area contributed by atoms with Crippen molar-refractivity contribution in [3.05, 3.63) is 36.5 Å². The molecule has 0 aromatic carbocycles. The smallest absolute Gasteiger partial charge is 0.304 e. The molecule has 24 heavy (non-hydrogen) atoms. The average Bonchev–Trinajstić information content (AvgIpc) is 2.85. The van der Waals surface area contributed by atoms with Gasteiger partial charge in [-0.25, -0.2) is 0 Å². The summed E-state index contributed by atoms with van der Waals surface area (Å²) < 4.78 is 0. The summed E-state index contributed by atoms with van der Waals surface area (Å²) in [5.74, 6) is -0.714. The van der Waals surface area contributed by atoms with Crippen molar-refractivity contribution in [2.24, 2.45) is 5.92 Å². The first-order valence-electron chi connectivity index (χ1n) is 9.73. The van der Waals surface area contributed by atoms with Crippen LogP contribution in [0.5, 0.6) is 0 Å². The van der Waals surface area contributed by atoms with E-state index in [9.17, 15) is 4.79 Å². The molecule has 3 rings (SSSR count). The number of nitrogens with one attached hydrogen (secondary N) is 1. The van der Waals surface area contributed by atoms with Crippen molar-refractivity contribution in [2.45, 2.75) is 82.7 Å². The lowest BCUT2D eigenvalue weighted by molar-refractivity contribution is -0.137. The summed E-state index contributed by atoms with van der Waals surface area (Å²) in [5.41, 5.74) is 0. The zero-order valence-electron chi connectivity index (χ0n) is 14.8. The first-order chi connectivity index (χ1) is 11.7. The molecule has 0 aromatic rings. The van der Waals surface area contributed by atoms with Gasteiger partial charge in [0.1, 0.15) is 0 Å². The number of allylic oxidation sites excluding steroid dienone is 6. The van der Waals surface area contributed by atoms with E-state index in [1.807, 2.05) is 36.5 Å². The van der Waals surface area contributed by atoms with Crippen LogP contribution >= 0.6 is 0 Å². The lowest BCUT2D eigenvalue weighted by atomic mass is 9.91. The van der Waals surface area contributed by atoms with E-state index >= 15 is 0 Å². The van der Waals surface area contributed by atoms with E-state index in [0.717, 1.165) is 12.1 Å². The lowest BCUT2D eigenvalue weighted by Gasteiger charge is -2.30. The Morgan fingerprint density at radius 2 is 1.25 bits per heavy atom. The van der Waals surface area contributed by atoms with Gasteiger partial charge in [0.2, 0.25) is 0 Å². The fourth-order valence-electron chi connectivity index (χ4n) is 3.82. The second-order valence-corrected chi connectivity index (χ2v) is 7.25. The van der Waals surface area contributed by atoms with Crippen LogP contribution < -0.4 is 5.32 Å². The zero-order chi connectivity index (χ0) is 17.0. The molecule has 0 bridgehead atoms. The molecule has 0 unspecified atom stereocenters. The molecule has 134 valence electrons. The van der Waals surface area contributed by atoms with Crippen molar-refractivity contribution < 1.29 is 9.90 Å². The van der Waals surface area contributed by atoms with Crippen LogP contribution in [0.25, 0.3) is 0 Å². The Bertz CT molecular complexity index is 409. The number of carbonyl (C=O) groups is 1. The molecule has 0 radical (unpaired) electrons. The molecular formula is C21H33NO2. The largest absolute Gasteiger partial charge is 0.481 e. The van der Waals surface area contributed by atoms with Crippen LogP contribution in [0.15, 0.2) is 36.5 Å². The maximum atomic E-state index is 10.3. The van der Waals surface area contributed by atoms with Gasteiger partial charge in [-0.1, -0.05) is 75.0 Å². The minimum Gasteiger partial charge on any atom is -0.481 e. The monoisotopic (exact) mass is 331 g/mol. The Morgan fingerprint density at radius 3 is 1.67 bits per heavy atom. The summed E-state index contributed by atoms with van der Waals surface area (Å²) in [4.78, 5) is 10.3. The van der Waals surface area contributed by atoms with E-state index in [4.69, 9.17) is 5.11 Å². The minimum atomic E-state index is -0.758. The van der Waals surface area contributed by atoms with Crippen LogP contribution in [0.1, 0.15) is 70.6 Å². The highest BCUT2D eigenvalue weighted by Gasteiger charge is 2.19. The van der Waals surface area contributed by atoms with Crippen LogP contribution in [-0.2, 0) is 4.79 Å². The van der Waals surface area contributed by atoms with Gasteiger partial charge in [0.15, 0.2) is 0 Å². The van der Waals surface area contributed by atoms with Gasteiger partial charge in [0, 0.05) is 18.0 Å². The molecule has 0 aromatic heterocycles. The van der Waals surface area contributed by atoms with Gasteiger partial charge in [0.25, 0.3) is 0 Å². The Labute approximate surface area is 146 Å². The second kappa shape index (κ2) is 11.2. The third-order valence-corrected chi connectivity index (χ3v) is 5.14. The number of carboxylic acids is 1. The van der Waals surface area contributed by atoms with Crippen LogP contribution in [0.3, 0.4) is 0 Å². The fraction of sp³-hybridized carbons (Fsp3) is 0.667. The van der Waals surface area contributed by atoms with E-state index in [1.54, 1.807) is 0 Å². The van der Waals surface area contributed by atoms with Gasteiger partial charge in [-0.15, -0.1) is 0 Å². The highest BCUT2D eigenvalue weighted by Crippen LogP contribution is 2.22. The standard InChI is InChI=1S/C12H23N.C9H10O2/c1-3-7-11(8-4-1)13-12-9-5-2-6-10-12;10-9(11)7-8-5-3-1-2-4-6-8/h11-13H,1-10H2;1-6,8H,7H2,(H,10,11). The Morgan fingerprint density at radius 1 is 0.792 bits per heavy atom. The fourth-order valence-corrected chi connectivity index (χ4v) is 3.82. The molecule has 0 saturated heterocycles. The Balaban J connectivity index is 0.000000177. The van der Waals surface area contributed by atoms with E-state index in [2.05, 4.69) is 5.32 Å². The second-order valence-electron chi connectivity index (χ2n) is 7.25. The third kappa shape index (κ3) is 7.96. The molecule has 2 fully saturated rings. The summed E-state index contributed by atoms with van der Waals surface area (Å²) in [6.45, 7) is 0. The molecule has 2 N–H and O–H groups in total. The zero-order valence-corrected chi connectivity index (χ0v) is 14.8. The van der Waals surface area contributed by atoms with Crippen LogP contribution in [0, 0.1) is 5.92 Å². The van der Waals surface area contributed by atoms with Crippen LogP contribution in [0.2, 0.25) is 0 Å².